The maximum absolute atomic E-state index is 13.4. The molecule has 0 radical (unpaired) electrons. The fourth-order valence-electron chi connectivity index (χ4n) is 4.02. The molecular weight excluding hydrogens is 465 g/mol. The standard InChI is InChI=1S/C26H22FN5O2S/c1-15-5-4-6-21(11-15)34-14-23-30-32-24(28)22(25(33)29-26(32)35-23)13-18-12-16(2)31(17(18)3)20-9-7-19(27)8-10-20/h4-13,28H,14H2,1-3H3/b22-13-,28-24?. The third kappa shape index (κ3) is 4.42. The number of benzene rings is 2. The van der Waals surface area contributed by atoms with Gasteiger partial charge in [-0.05, 0) is 92.2 Å². The number of rotatable bonds is 5. The van der Waals surface area contributed by atoms with Gasteiger partial charge in [0.1, 0.15) is 23.2 Å². The van der Waals surface area contributed by atoms with Crippen LogP contribution in [-0.4, -0.2) is 38.1 Å². The zero-order valence-corrected chi connectivity index (χ0v) is 20.2. The molecule has 1 N–H and O–H groups in total. The Morgan fingerprint density at radius 3 is 2.63 bits per heavy atom. The number of halogens is 1. The van der Waals surface area contributed by atoms with E-state index in [9.17, 15) is 9.18 Å². The Bertz CT molecular complexity index is 1450. The van der Waals surface area contributed by atoms with Crippen LogP contribution in [0.15, 0.2) is 70.3 Å². The van der Waals surface area contributed by atoms with Crippen molar-refractivity contribution < 1.29 is 13.9 Å². The number of carbonyl (C=O) groups is 1. The van der Waals surface area contributed by atoms with Crippen LogP contribution in [0.2, 0.25) is 0 Å². The van der Waals surface area contributed by atoms with Gasteiger partial charge in [-0.2, -0.15) is 15.1 Å². The predicted molar refractivity (Wildman–Crippen MR) is 137 cm³/mol. The van der Waals surface area contributed by atoms with Crippen molar-refractivity contribution in [1.82, 2.24) is 9.58 Å². The molecule has 2 aliphatic rings. The minimum absolute atomic E-state index is 0.0374. The third-order valence-electron chi connectivity index (χ3n) is 5.70. The van der Waals surface area contributed by atoms with Gasteiger partial charge in [0.15, 0.2) is 5.84 Å². The minimum atomic E-state index is -0.489. The molecule has 0 saturated heterocycles. The van der Waals surface area contributed by atoms with Gasteiger partial charge in [-0.15, -0.1) is 0 Å². The van der Waals surface area contributed by atoms with Crippen LogP contribution < -0.4 is 4.74 Å². The zero-order valence-electron chi connectivity index (χ0n) is 19.4. The Balaban J connectivity index is 1.39. The molecule has 0 saturated carbocycles. The molecule has 9 heteroatoms. The summed E-state index contributed by atoms with van der Waals surface area (Å²) in [6, 6.07) is 15.8. The zero-order chi connectivity index (χ0) is 24.7. The number of amidine groups is 2. The van der Waals surface area contributed by atoms with Crippen molar-refractivity contribution in [2.45, 2.75) is 20.8 Å². The van der Waals surface area contributed by atoms with Crippen molar-refractivity contribution >= 4 is 39.8 Å². The Hall–Kier alpha value is -3.98. The van der Waals surface area contributed by atoms with Crippen molar-refractivity contribution in [3.8, 4) is 11.4 Å². The maximum atomic E-state index is 13.4. The fourth-order valence-corrected chi connectivity index (χ4v) is 4.82. The van der Waals surface area contributed by atoms with Gasteiger partial charge in [0.05, 0.1) is 5.57 Å². The van der Waals surface area contributed by atoms with Gasteiger partial charge in [0, 0.05) is 17.1 Å². The van der Waals surface area contributed by atoms with E-state index in [-0.39, 0.29) is 23.8 Å². The van der Waals surface area contributed by atoms with E-state index in [1.54, 1.807) is 18.2 Å². The van der Waals surface area contributed by atoms with E-state index < -0.39 is 5.91 Å². The number of aryl methyl sites for hydroxylation is 2. The first-order valence-electron chi connectivity index (χ1n) is 10.9. The van der Waals surface area contributed by atoms with Gasteiger partial charge in [-0.1, -0.05) is 12.1 Å². The highest BCUT2D eigenvalue weighted by molar-refractivity contribution is 8.27. The summed E-state index contributed by atoms with van der Waals surface area (Å²) >= 11 is 1.22. The third-order valence-corrected chi connectivity index (χ3v) is 6.59. The summed E-state index contributed by atoms with van der Waals surface area (Å²) in [4.78, 5) is 17.0. The monoisotopic (exact) mass is 487 g/mol. The quantitative estimate of drug-likeness (QED) is 0.499. The van der Waals surface area contributed by atoms with Gasteiger partial charge in [-0.25, -0.2) is 4.39 Å². The number of aromatic nitrogens is 1. The molecule has 3 heterocycles. The molecule has 1 aromatic heterocycles. The van der Waals surface area contributed by atoms with Crippen molar-refractivity contribution in [2.75, 3.05) is 6.61 Å². The highest BCUT2D eigenvalue weighted by atomic mass is 32.2. The summed E-state index contributed by atoms with van der Waals surface area (Å²) in [5.41, 5.74) is 4.62. The summed E-state index contributed by atoms with van der Waals surface area (Å²) in [6.45, 7) is 6.05. The van der Waals surface area contributed by atoms with E-state index >= 15 is 0 Å². The topological polar surface area (TPSA) is 83.0 Å². The van der Waals surface area contributed by atoms with Gasteiger partial charge in [0.25, 0.3) is 5.91 Å². The number of carbonyl (C=O) groups excluding carboxylic acids is 1. The number of hydrazone groups is 1. The molecule has 35 heavy (non-hydrogen) atoms. The summed E-state index contributed by atoms with van der Waals surface area (Å²) in [6.07, 6.45) is 1.66. The van der Waals surface area contributed by atoms with Crippen LogP contribution in [-0.2, 0) is 4.79 Å². The van der Waals surface area contributed by atoms with Crippen LogP contribution in [0.25, 0.3) is 11.8 Å². The second kappa shape index (κ2) is 8.99. The number of fused-ring (bicyclic) bond motifs is 1. The van der Waals surface area contributed by atoms with E-state index in [1.165, 1.54) is 28.9 Å². The number of hydrogen-bond donors (Lipinski definition) is 1. The van der Waals surface area contributed by atoms with Crippen LogP contribution in [0.1, 0.15) is 22.5 Å². The van der Waals surface area contributed by atoms with Gasteiger partial charge in [0.2, 0.25) is 5.17 Å². The Labute approximate surface area is 206 Å². The molecule has 176 valence electrons. The second-order valence-corrected chi connectivity index (χ2v) is 9.30. The normalized spacial score (nSPS) is 16.5. The molecule has 0 aliphatic carbocycles. The Morgan fingerprint density at radius 1 is 1.11 bits per heavy atom. The molecule has 7 nitrogen and oxygen atoms in total. The van der Waals surface area contributed by atoms with Gasteiger partial charge in [-0.3, -0.25) is 10.2 Å². The highest BCUT2D eigenvalue weighted by Crippen LogP contribution is 2.30. The number of thioether (sulfide) groups is 1. The van der Waals surface area contributed by atoms with Crippen molar-refractivity contribution in [2.24, 2.45) is 10.1 Å². The largest absolute Gasteiger partial charge is 0.487 e. The van der Waals surface area contributed by atoms with E-state index in [0.717, 1.165) is 34.0 Å². The second-order valence-electron chi connectivity index (χ2n) is 8.26. The SMILES string of the molecule is Cc1cccc(OCC2=NN3C(=N)/C(=C/c4cc(C)n(-c5ccc(F)cc5)c4C)C(=O)N=C3S2)c1. The molecule has 0 spiro atoms. The summed E-state index contributed by atoms with van der Waals surface area (Å²) in [7, 11) is 0. The number of aliphatic imine (C=N–C) groups is 1. The fraction of sp³-hybridized carbons (Fsp3) is 0.154. The maximum Gasteiger partial charge on any atom is 0.283 e. The van der Waals surface area contributed by atoms with Crippen LogP contribution >= 0.6 is 11.8 Å². The number of nitrogens with one attached hydrogen (secondary N) is 1. The highest BCUT2D eigenvalue weighted by Gasteiger charge is 2.36. The molecule has 5 rings (SSSR count). The van der Waals surface area contributed by atoms with Crippen molar-refractivity contribution in [3.63, 3.8) is 0 Å². The summed E-state index contributed by atoms with van der Waals surface area (Å²) < 4.78 is 21.2. The van der Waals surface area contributed by atoms with Gasteiger partial charge >= 0.3 is 0 Å². The van der Waals surface area contributed by atoms with Crippen molar-refractivity contribution in [3.05, 3.63) is 88.5 Å². The average molecular weight is 488 g/mol. The molecule has 2 aromatic carbocycles. The predicted octanol–water partition coefficient (Wildman–Crippen LogP) is 5.24. The van der Waals surface area contributed by atoms with E-state index in [1.807, 2.05) is 55.7 Å². The number of amides is 1. The molecule has 0 unspecified atom stereocenters. The van der Waals surface area contributed by atoms with Crippen LogP contribution in [0.4, 0.5) is 4.39 Å². The molecule has 3 aromatic rings. The molecule has 0 bridgehead atoms. The van der Waals surface area contributed by atoms with Crippen LogP contribution in [0.5, 0.6) is 5.75 Å². The van der Waals surface area contributed by atoms with Gasteiger partial charge < -0.3 is 9.30 Å². The first kappa shape index (κ1) is 22.8. The summed E-state index contributed by atoms with van der Waals surface area (Å²) in [5.74, 6) is -0.106. The molecule has 2 aliphatic heterocycles. The first-order valence-corrected chi connectivity index (χ1v) is 11.8. The molecular formula is C26H22FN5O2S. The molecule has 1 amide bonds. The average Bonchev–Trinajstić information content (AvgIpc) is 3.36. The number of ether oxygens (including phenoxy) is 1. The lowest BCUT2D eigenvalue weighted by atomic mass is 10.1. The Morgan fingerprint density at radius 2 is 1.89 bits per heavy atom. The molecule has 0 atom stereocenters. The lowest BCUT2D eigenvalue weighted by molar-refractivity contribution is -0.114. The van der Waals surface area contributed by atoms with E-state index in [4.69, 9.17) is 10.1 Å². The smallest absolute Gasteiger partial charge is 0.283 e. The van der Waals surface area contributed by atoms with E-state index in [0.29, 0.717) is 10.2 Å². The van der Waals surface area contributed by atoms with Crippen LogP contribution in [0, 0.1) is 32.0 Å². The molecule has 0 fully saturated rings. The first-order chi connectivity index (χ1) is 16.8. The Kier molecular flexibility index (Phi) is 5.86. The summed E-state index contributed by atoms with van der Waals surface area (Å²) in [5, 5.41) is 15.4. The lowest BCUT2D eigenvalue weighted by Crippen LogP contribution is -2.35. The van der Waals surface area contributed by atoms with Crippen molar-refractivity contribution in [1.29, 1.82) is 5.41 Å². The van der Waals surface area contributed by atoms with Crippen LogP contribution in [0.3, 0.4) is 0 Å². The number of hydrogen-bond acceptors (Lipinski definition) is 5. The lowest BCUT2D eigenvalue weighted by Gasteiger charge is -2.20. The minimum Gasteiger partial charge on any atom is -0.487 e. The van der Waals surface area contributed by atoms with E-state index in [2.05, 4.69) is 10.1 Å². The number of nitrogens with zero attached hydrogens (tertiary/aromatic N) is 4.